The van der Waals surface area contributed by atoms with E-state index in [1.54, 1.807) is 17.0 Å². The Morgan fingerprint density at radius 2 is 1.94 bits per heavy atom. The van der Waals surface area contributed by atoms with Crippen LogP contribution in [0.2, 0.25) is 0 Å². The first-order valence-electron chi connectivity index (χ1n) is 6.03. The highest BCUT2D eigenvalue weighted by Gasteiger charge is 2.17. The molecule has 1 aromatic rings. The maximum Gasteiger partial charge on any atom is 0.254 e. The molecule has 1 amide bonds. The van der Waals surface area contributed by atoms with Gasteiger partial charge < -0.3 is 10.2 Å². The van der Waals surface area contributed by atoms with Gasteiger partial charge in [-0.3, -0.25) is 4.79 Å². The molecule has 0 spiro atoms. The molecule has 1 aliphatic heterocycles. The molecule has 0 aromatic heterocycles. The van der Waals surface area contributed by atoms with Gasteiger partial charge in [-0.2, -0.15) is 0 Å². The summed E-state index contributed by atoms with van der Waals surface area (Å²) in [5.41, 5.74) is 0.428. The van der Waals surface area contributed by atoms with Crippen LogP contribution in [0.25, 0.3) is 0 Å². The van der Waals surface area contributed by atoms with Gasteiger partial charge in [0.2, 0.25) is 0 Å². The second kappa shape index (κ2) is 7.01. The quantitative estimate of drug-likeness (QED) is 0.810. The summed E-state index contributed by atoms with van der Waals surface area (Å²) >= 11 is 0. The molecule has 94 valence electrons. The average molecular weight is 238 g/mol. The Kier molecular flexibility index (Phi) is 5.63. The zero-order valence-electron chi connectivity index (χ0n) is 10.4. The van der Waals surface area contributed by atoms with Gasteiger partial charge >= 0.3 is 0 Å². The molecule has 4 heteroatoms. The predicted molar refractivity (Wildman–Crippen MR) is 66.5 cm³/mol. The van der Waals surface area contributed by atoms with Crippen molar-refractivity contribution in [1.29, 1.82) is 0 Å². The molecule has 17 heavy (non-hydrogen) atoms. The first-order chi connectivity index (χ1) is 8.27. The lowest BCUT2D eigenvalue weighted by Gasteiger charge is -2.27. The number of benzene rings is 1. The number of hydrogen-bond acceptors (Lipinski definition) is 2. The maximum absolute atomic E-state index is 12.9. The van der Waals surface area contributed by atoms with E-state index in [0.717, 1.165) is 13.1 Å². The monoisotopic (exact) mass is 238 g/mol. The fraction of sp³-hybridized carbons (Fsp3) is 0.462. The fourth-order valence-corrected chi connectivity index (χ4v) is 1.67. The number of carbonyl (C=O) groups excluding carboxylic acids is 1. The normalized spacial score (nSPS) is 14.9. The van der Waals surface area contributed by atoms with Crippen molar-refractivity contribution in [3.63, 3.8) is 0 Å². The van der Waals surface area contributed by atoms with Crippen molar-refractivity contribution in [2.24, 2.45) is 0 Å². The summed E-state index contributed by atoms with van der Waals surface area (Å²) in [6.45, 7) is 6.99. The number of rotatable bonds is 1. The third-order valence-electron chi connectivity index (χ3n) is 2.48. The molecule has 1 heterocycles. The van der Waals surface area contributed by atoms with Crippen LogP contribution in [0.15, 0.2) is 24.3 Å². The van der Waals surface area contributed by atoms with E-state index in [4.69, 9.17) is 0 Å². The van der Waals surface area contributed by atoms with E-state index in [1.807, 2.05) is 13.8 Å². The summed E-state index contributed by atoms with van der Waals surface area (Å²) in [6.07, 6.45) is 0. The van der Waals surface area contributed by atoms with Crippen molar-refractivity contribution in [2.45, 2.75) is 13.8 Å². The van der Waals surface area contributed by atoms with E-state index in [-0.39, 0.29) is 11.7 Å². The number of carbonyl (C=O) groups is 1. The highest BCUT2D eigenvalue weighted by Crippen LogP contribution is 2.07. The molecule has 1 aliphatic rings. The van der Waals surface area contributed by atoms with Crippen LogP contribution < -0.4 is 5.32 Å². The Labute approximate surface area is 102 Å². The van der Waals surface area contributed by atoms with Crippen molar-refractivity contribution in [1.82, 2.24) is 10.2 Å². The van der Waals surface area contributed by atoms with Gasteiger partial charge in [0.15, 0.2) is 0 Å². The third kappa shape index (κ3) is 3.82. The van der Waals surface area contributed by atoms with Crippen LogP contribution in [0.4, 0.5) is 4.39 Å². The van der Waals surface area contributed by atoms with Gasteiger partial charge in [0.25, 0.3) is 5.91 Å². The van der Waals surface area contributed by atoms with Gasteiger partial charge in [-0.1, -0.05) is 19.9 Å². The topological polar surface area (TPSA) is 32.3 Å². The molecule has 0 atom stereocenters. The Balaban J connectivity index is 0.000000686. The molecule has 1 saturated heterocycles. The molecule has 0 bridgehead atoms. The van der Waals surface area contributed by atoms with Crippen LogP contribution in [0.5, 0.6) is 0 Å². The number of nitrogens with zero attached hydrogens (tertiary/aromatic N) is 1. The lowest BCUT2D eigenvalue weighted by Crippen LogP contribution is -2.46. The minimum Gasteiger partial charge on any atom is -0.336 e. The van der Waals surface area contributed by atoms with E-state index in [1.165, 1.54) is 12.1 Å². The average Bonchev–Trinajstić information content (AvgIpc) is 2.41. The van der Waals surface area contributed by atoms with Gasteiger partial charge in [0.1, 0.15) is 5.82 Å². The summed E-state index contributed by atoms with van der Waals surface area (Å²) in [5, 5.41) is 3.16. The molecule has 1 N–H and O–H groups in total. The molecular formula is C13H19FN2O. The van der Waals surface area contributed by atoms with Crippen molar-refractivity contribution in [3.8, 4) is 0 Å². The third-order valence-corrected chi connectivity index (χ3v) is 2.48. The SMILES string of the molecule is CC.O=C(c1cccc(F)c1)N1CCNCC1. The lowest BCUT2D eigenvalue weighted by molar-refractivity contribution is 0.0735. The molecule has 0 radical (unpaired) electrons. The Bertz CT molecular complexity index is 362. The predicted octanol–water partition coefficient (Wildman–Crippen LogP) is 1.90. The first-order valence-corrected chi connectivity index (χ1v) is 6.03. The van der Waals surface area contributed by atoms with Gasteiger partial charge in [0.05, 0.1) is 0 Å². The zero-order chi connectivity index (χ0) is 12.7. The zero-order valence-corrected chi connectivity index (χ0v) is 10.4. The molecule has 0 aliphatic carbocycles. The number of piperazine rings is 1. The van der Waals surface area contributed by atoms with Gasteiger partial charge in [-0.25, -0.2) is 4.39 Å². The fourth-order valence-electron chi connectivity index (χ4n) is 1.67. The van der Waals surface area contributed by atoms with Crippen LogP contribution in [0.1, 0.15) is 24.2 Å². The minimum atomic E-state index is -0.365. The lowest BCUT2D eigenvalue weighted by atomic mass is 10.2. The van der Waals surface area contributed by atoms with Crippen LogP contribution in [-0.2, 0) is 0 Å². The van der Waals surface area contributed by atoms with Crippen LogP contribution >= 0.6 is 0 Å². The molecule has 1 fully saturated rings. The molecule has 3 nitrogen and oxygen atoms in total. The Morgan fingerprint density at radius 3 is 2.53 bits per heavy atom. The van der Waals surface area contributed by atoms with E-state index >= 15 is 0 Å². The second-order valence-corrected chi connectivity index (χ2v) is 3.55. The highest BCUT2D eigenvalue weighted by atomic mass is 19.1. The molecular weight excluding hydrogens is 219 g/mol. The number of nitrogens with one attached hydrogen (secondary N) is 1. The molecule has 0 saturated carbocycles. The largest absolute Gasteiger partial charge is 0.336 e. The summed E-state index contributed by atoms with van der Waals surface area (Å²) < 4.78 is 12.9. The van der Waals surface area contributed by atoms with Crippen molar-refractivity contribution >= 4 is 5.91 Å². The second-order valence-electron chi connectivity index (χ2n) is 3.55. The standard InChI is InChI=1S/C11H13FN2O.C2H6/c12-10-3-1-2-9(8-10)11(15)14-6-4-13-5-7-14;1-2/h1-3,8,13H,4-7H2;1-2H3. The number of amides is 1. The summed E-state index contributed by atoms with van der Waals surface area (Å²) in [6, 6.07) is 5.83. The minimum absolute atomic E-state index is 0.0870. The molecule has 0 unspecified atom stereocenters. The maximum atomic E-state index is 12.9. The molecule has 2 rings (SSSR count). The summed E-state index contributed by atoms with van der Waals surface area (Å²) in [7, 11) is 0. The Morgan fingerprint density at radius 1 is 1.29 bits per heavy atom. The summed E-state index contributed by atoms with van der Waals surface area (Å²) in [5.74, 6) is -0.452. The van der Waals surface area contributed by atoms with Crippen molar-refractivity contribution < 1.29 is 9.18 Å². The van der Waals surface area contributed by atoms with Crippen LogP contribution in [0, 0.1) is 5.82 Å². The summed E-state index contributed by atoms with van der Waals surface area (Å²) in [4.78, 5) is 13.6. The van der Waals surface area contributed by atoms with Crippen LogP contribution in [0.3, 0.4) is 0 Å². The molecule has 1 aromatic carbocycles. The smallest absolute Gasteiger partial charge is 0.254 e. The van der Waals surface area contributed by atoms with Crippen LogP contribution in [-0.4, -0.2) is 37.0 Å². The van der Waals surface area contributed by atoms with Gasteiger partial charge in [-0.05, 0) is 18.2 Å². The highest BCUT2D eigenvalue weighted by molar-refractivity contribution is 5.94. The van der Waals surface area contributed by atoms with Crippen molar-refractivity contribution in [3.05, 3.63) is 35.6 Å². The number of hydrogen-bond donors (Lipinski definition) is 1. The van der Waals surface area contributed by atoms with E-state index in [9.17, 15) is 9.18 Å². The van der Waals surface area contributed by atoms with Crippen molar-refractivity contribution in [2.75, 3.05) is 26.2 Å². The first kappa shape index (κ1) is 13.6. The van der Waals surface area contributed by atoms with Gasteiger partial charge in [-0.15, -0.1) is 0 Å². The number of halogens is 1. The van der Waals surface area contributed by atoms with E-state index in [0.29, 0.717) is 18.7 Å². The van der Waals surface area contributed by atoms with E-state index in [2.05, 4.69) is 5.32 Å². The van der Waals surface area contributed by atoms with E-state index < -0.39 is 0 Å². The van der Waals surface area contributed by atoms with Gasteiger partial charge in [0, 0.05) is 31.7 Å². The Hall–Kier alpha value is -1.42.